The van der Waals surface area contributed by atoms with Crippen LogP contribution in [0.1, 0.15) is 21.5 Å². The van der Waals surface area contributed by atoms with Gasteiger partial charge in [-0.15, -0.1) is 10.2 Å². The highest BCUT2D eigenvalue weighted by atomic mass is 32.2. The first-order valence-electron chi connectivity index (χ1n) is 10.2. The van der Waals surface area contributed by atoms with Crippen molar-refractivity contribution < 1.29 is 13.6 Å². The maximum absolute atomic E-state index is 13.6. The number of hydrogen-bond donors (Lipinski definition) is 1. The molecule has 1 N–H and O–H groups in total. The summed E-state index contributed by atoms with van der Waals surface area (Å²) in [7, 11) is 0. The molecule has 0 unspecified atom stereocenters. The first-order valence-corrected chi connectivity index (χ1v) is 11.4. The van der Waals surface area contributed by atoms with Gasteiger partial charge in [-0.2, -0.15) is 11.8 Å². The number of rotatable bonds is 8. The number of thioether (sulfide) groups is 1. The number of amides is 1. The Morgan fingerprint density at radius 3 is 2.22 bits per heavy atom. The Kier molecular flexibility index (Phi) is 6.97. The van der Waals surface area contributed by atoms with Gasteiger partial charge in [0.1, 0.15) is 5.82 Å². The van der Waals surface area contributed by atoms with Gasteiger partial charge in [-0.05, 0) is 55.0 Å². The van der Waals surface area contributed by atoms with Crippen LogP contribution in [0.2, 0.25) is 0 Å². The van der Waals surface area contributed by atoms with Crippen molar-refractivity contribution >= 4 is 17.7 Å². The number of aromatic nitrogens is 2. The first-order chi connectivity index (χ1) is 15.6. The fraction of sp³-hybridized carbons (Fsp3) is 0.160. The zero-order valence-electron chi connectivity index (χ0n) is 17.5. The van der Waals surface area contributed by atoms with Gasteiger partial charge in [0.05, 0.1) is 0 Å². The first kappa shape index (κ1) is 21.8. The molecule has 0 aliphatic rings. The zero-order chi connectivity index (χ0) is 22.3. The summed E-state index contributed by atoms with van der Waals surface area (Å²) in [5.41, 5.74) is 3.98. The molecule has 1 heterocycles. The van der Waals surface area contributed by atoms with Crippen LogP contribution in [0.15, 0.2) is 77.2 Å². The molecule has 0 bridgehead atoms. The molecule has 1 amide bonds. The molecule has 1 aromatic heterocycles. The lowest BCUT2D eigenvalue weighted by Crippen LogP contribution is -2.25. The number of carbonyl (C=O) groups excluding carboxylic acids is 1. The number of hydrogen-bond acceptors (Lipinski definition) is 5. The highest BCUT2D eigenvalue weighted by Gasteiger charge is 2.12. The monoisotopic (exact) mass is 447 g/mol. The molecule has 162 valence electrons. The lowest BCUT2D eigenvalue weighted by Gasteiger charge is -2.06. The summed E-state index contributed by atoms with van der Waals surface area (Å²) in [4.78, 5) is 12.4. The van der Waals surface area contributed by atoms with Crippen LogP contribution in [0.4, 0.5) is 4.39 Å². The number of aryl methyl sites for hydroxylation is 1. The van der Waals surface area contributed by atoms with Crippen LogP contribution in [-0.2, 0) is 5.75 Å². The third-order valence-electron chi connectivity index (χ3n) is 4.86. The normalized spacial score (nSPS) is 10.8. The van der Waals surface area contributed by atoms with Crippen LogP contribution >= 0.6 is 11.8 Å². The van der Waals surface area contributed by atoms with Gasteiger partial charge >= 0.3 is 0 Å². The van der Waals surface area contributed by atoms with E-state index in [1.165, 1.54) is 6.07 Å². The van der Waals surface area contributed by atoms with Crippen LogP contribution in [0.25, 0.3) is 22.9 Å². The molecular formula is C25H22FN3O2S. The van der Waals surface area contributed by atoms with Gasteiger partial charge in [-0.25, -0.2) is 4.39 Å². The van der Waals surface area contributed by atoms with Crippen LogP contribution in [0.3, 0.4) is 0 Å². The van der Waals surface area contributed by atoms with E-state index in [9.17, 15) is 9.18 Å². The molecule has 0 saturated carbocycles. The molecule has 7 heteroatoms. The van der Waals surface area contributed by atoms with Crippen LogP contribution < -0.4 is 5.32 Å². The highest BCUT2D eigenvalue weighted by Crippen LogP contribution is 2.24. The van der Waals surface area contributed by atoms with Gasteiger partial charge in [0, 0.05) is 34.7 Å². The van der Waals surface area contributed by atoms with Crippen molar-refractivity contribution in [2.24, 2.45) is 0 Å². The topological polar surface area (TPSA) is 68.0 Å². The number of benzene rings is 3. The second-order valence-electron chi connectivity index (χ2n) is 7.26. The molecule has 32 heavy (non-hydrogen) atoms. The van der Waals surface area contributed by atoms with E-state index in [4.69, 9.17) is 4.42 Å². The lowest BCUT2D eigenvalue weighted by molar-refractivity contribution is 0.0956. The van der Waals surface area contributed by atoms with Crippen molar-refractivity contribution in [3.8, 4) is 22.9 Å². The lowest BCUT2D eigenvalue weighted by atomic mass is 10.1. The highest BCUT2D eigenvalue weighted by molar-refractivity contribution is 7.98. The van der Waals surface area contributed by atoms with Crippen molar-refractivity contribution in [3.05, 3.63) is 95.3 Å². The van der Waals surface area contributed by atoms with E-state index in [0.717, 1.165) is 16.7 Å². The molecule has 3 aromatic carbocycles. The minimum atomic E-state index is -0.198. The largest absolute Gasteiger partial charge is 0.416 e. The predicted molar refractivity (Wildman–Crippen MR) is 125 cm³/mol. The molecule has 0 spiro atoms. The summed E-state index contributed by atoms with van der Waals surface area (Å²) in [5, 5.41) is 11.1. The number of carbonyl (C=O) groups is 1. The Balaban J connectivity index is 1.28. The van der Waals surface area contributed by atoms with Crippen LogP contribution in [0, 0.1) is 12.7 Å². The summed E-state index contributed by atoms with van der Waals surface area (Å²) in [5.74, 6) is 1.77. The summed E-state index contributed by atoms with van der Waals surface area (Å²) < 4.78 is 19.4. The smallest absolute Gasteiger partial charge is 0.251 e. The molecule has 0 fully saturated rings. The molecule has 4 rings (SSSR count). The SMILES string of the molecule is Cc1ccc(-c2nnc(-c3ccc(C(=O)NCCSCc4ccccc4F)cc3)o2)cc1. The van der Waals surface area contributed by atoms with Crippen molar-refractivity contribution in [1.29, 1.82) is 0 Å². The fourth-order valence-electron chi connectivity index (χ4n) is 3.05. The van der Waals surface area contributed by atoms with Crippen LogP contribution in [-0.4, -0.2) is 28.4 Å². The second kappa shape index (κ2) is 10.2. The Morgan fingerprint density at radius 1 is 0.938 bits per heavy atom. The number of nitrogens with zero attached hydrogens (tertiary/aromatic N) is 2. The third-order valence-corrected chi connectivity index (χ3v) is 5.87. The van der Waals surface area contributed by atoms with Gasteiger partial charge in [0.15, 0.2) is 0 Å². The number of halogens is 1. The average Bonchev–Trinajstić information content (AvgIpc) is 3.31. The van der Waals surface area contributed by atoms with E-state index >= 15 is 0 Å². The second-order valence-corrected chi connectivity index (χ2v) is 8.36. The predicted octanol–water partition coefficient (Wildman–Crippen LogP) is 5.51. The standard InChI is InChI=1S/C25H22FN3O2S/c1-17-6-8-19(9-7-17)24-28-29-25(31-24)20-12-10-18(11-13-20)23(30)27-14-15-32-16-21-4-2-3-5-22(21)26/h2-13H,14-16H2,1H3,(H,27,30). The van der Waals surface area contributed by atoms with Gasteiger partial charge in [0.2, 0.25) is 11.8 Å². The van der Waals surface area contributed by atoms with Crippen molar-refractivity contribution in [2.45, 2.75) is 12.7 Å². The fourth-order valence-corrected chi connectivity index (χ4v) is 3.90. The zero-order valence-corrected chi connectivity index (χ0v) is 18.4. The van der Waals surface area contributed by atoms with E-state index in [1.54, 1.807) is 48.2 Å². The molecule has 0 aliphatic carbocycles. The average molecular weight is 448 g/mol. The van der Waals surface area contributed by atoms with E-state index in [-0.39, 0.29) is 11.7 Å². The van der Waals surface area contributed by atoms with Crippen molar-refractivity contribution in [1.82, 2.24) is 15.5 Å². The molecular weight excluding hydrogens is 425 g/mol. The minimum absolute atomic E-state index is 0.158. The quantitative estimate of drug-likeness (QED) is 0.361. The van der Waals surface area contributed by atoms with E-state index < -0.39 is 0 Å². The van der Waals surface area contributed by atoms with Crippen molar-refractivity contribution in [3.63, 3.8) is 0 Å². The summed E-state index contributed by atoms with van der Waals surface area (Å²) in [6.45, 7) is 2.52. The van der Waals surface area contributed by atoms with Gasteiger partial charge in [0.25, 0.3) is 5.91 Å². The van der Waals surface area contributed by atoms with E-state index in [0.29, 0.717) is 41.0 Å². The van der Waals surface area contributed by atoms with E-state index in [1.807, 2.05) is 37.3 Å². The summed E-state index contributed by atoms with van der Waals surface area (Å²) in [6, 6.07) is 21.6. The maximum atomic E-state index is 13.6. The molecule has 0 radical (unpaired) electrons. The van der Waals surface area contributed by atoms with Crippen LogP contribution in [0.5, 0.6) is 0 Å². The molecule has 5 nitrogen and oxygen atoms in total. The minimum Gasteiger partial charge on any atom is -0.416 e. The van der Waals surface area contributed by atoms with E-state index in [2.05, 4.69) is 15.5 Å². The van der Waals surface area contributed by atoms with Gasteiger partial charge in [-0.1, -0.05) is 35.9 Å². The number of nitrogens with one attached hydrogen (secondary N) is 1. The third kappa shape index (κ3) is 5.42. The Morgan fingerprint density at radius 2 is 1.56 bits per heavy atom. The maximum Gasteiger partial charge on any atom is 0.251 e. The molecule has 0 aliphatic heterocycles. The summed E-state index contributed by atoms with van der Waals surface area (Å²) >= 11 is 1.58. The van der Waals surface area contributed by atoms with Gasteiger partial charge < -0.3 is 9.73 Å². The molecule has 0 saturated heterocycles. The van der Waals surface area contributed by atoms with Crippen molar-refractivity contribution in [2.75, 3.05) is 12.3 Å². The Hall–Kier alpha value is -3.45. The Bertz CT molecular complexity index is 1190. The summed E-state index contributed by atoms with van der Waals surface area (Å²) in [6.07, 6.45) is 0. The molecule has 4 aromatic rings. The molecule has 0 atom stereocenters. The Labute approximate surface area is 190 Å². The van der Waals surface area contributed by atoms with Gasteiger partial charge in [-0.3, -0.25) is 4.79 Å².